The summed E-state index contributed by atoms with van der Waals surface area (Å²) in [6, 6.07) is 16.7. The highest BCUT2D eigenvalue weighted by Gasteiger charge is 2.09. The van der Waals surface area contributed by atoms with Crippen LogP contribution < -0.4 is 10.1 Å². The van der Waals surface area contributed by atoms with Crippen LogP contribution in [0.5, 0.6) is 5.75 Å². The van der Waals surface area contributed by atoms with E-state index in [0.717, 1.165) is 22.6 Å². The van der Waals surface area contributed by atoms with Crippen LogP contribution in [0.1, 0.15) is 16.1 Å². The second-order valence-electron chi connectivity index (χ2n) is 5.18. The summed E-state index contributed by atoms with van der Waals surface area (Å²) in [5.41, 5.74) is 2.99. The zero-order valence-corrected chi connectivity index (χ0v) is 13.3. The molecule has 0 fully saturated rings. The monoisotopic (exact) mass is 319 g/mol. The molecule has 1 N–H and O–H groups in total. The van der Waals surface area contributed by atoms with Crippen molar-refractivity contribution in [1.29, 1.82) is 0 Å². The highest BCUT2D eigenvalue weighted by atomic mass is 16.5. The number of hydrogen-bond donors (Lipinski definition) is 1. The van der Waals surface area contributed by atoms with Gasteiger partial charge in [0.2, 0.25) is 0 Å². The fourth-order valence-corrected chi connectivity index (χ4v) is 2.26. The summed E-state index contributed by atoms with van der Waals surface area (Å²) >= 11 is 0. The Morgan fingerprint density at radius 1 is 1.08 bits per heavy atom. The first-order valence-electron chi connectivity index (χ1n) is 7.55. The molecule has 0 atom stereocenters. The van der Waals surface area contributed by atoms with Crippen molar-refractivity contribution in [3.63, 3.8) is 0 Å². The summed E-state index contributed by atoms with van der Waals surface area (Å²) in [6.45, 7) is 0.418. The second-order valence-corrected chi connectivity index (χ2v) is 5.18. The molecular formula is C19H17N3O2. The molecule has 0 aliphatic rings. The first kappa shape index (κ1) is 15.7. The zero-order chi connectivity index (χ0) is 16.8. The number of nitrogens with zero attached hydrogens (tertiary/aromatic N) is 2. The summed E-state index contributed by atoms with van der Waals surface area (Å²) in [5.74, 6) is 0.568. The summed E-state index contributed by atoms with van der Waals surface area (Å²) < 4.78 is 5.15. The van der Waals surface area contributed by atoms with E-state index in [4.69, 9.17) is 4.74 Å². The second kappa shape index (κ2) is 7.37. The molecule has 0 saturated carbocycles. The molecule has 120 valence electrons. The highest BCUT2D eigenvalue weighted by molar-refractivity contribution is 5.92. The summed E-state index contributed by atoms with van der Waals surface area (Å²) in [4.78, 5) is 20.8. The van der Waals surface area contributed by atoms with E-state index >= 15 is 0 Å². The Morgan fingerprint density at radius 2 is 1.92 bits per heavy atom. The number of ether oxygens (including phenoxy) is 1. The minimum absolute atomic E-state index is 0.214. The van der Waals surface area contributed by atoms with Crippen LogP contribution in [0, 0.1) is 0 Å². The maximum absolute atomic E-state index is 12.3. The standard InChI is InChI=1S/C19H17N3O2/c1-24-16-9-7-15(8-10-16)17-5-2-6-18(22-17)19(23)21-13-14-4-3-11-20-12-14/h2-12H,13H2,1H3,(H,21,23). The van der Waals surface area contributed by atoms with Crippen molar-refractivity contribution in [2.45, 2.75) is 6.54 Å². The third-order valence-electron chi connectivity index (χ3n) is 3.54. The van der Waals surface area contributed by atoms with Crippen molar-refractivity contribution in [3.8, 4) is 17.0 Å². The predicted octanol–water partition coefficient (Wildman–Crippen LogP) is 3.08. The highest BCUT2D eigenvalue weighted by Crippen LogP contribution is 2.20. The molecule has 1 amide bonds. The van der Waals surface area contributed by atoms with E-state index in [2.05, 4.69) is 15.3 Å². The van der Waals surface area contributed by atoms with Gasteiger partial charge in [-0.15, -0.1) is 0 Å². The van der Waals surface area contributed by atoms with Gasteiger partial charge in [-0.2, -0.15) is 0 Å². The predicted molar refractivity (Wildman–Crippen MR) is 91.6 cm³/mol. The lowest BCUT2D eigenvalue weighted by molar-refractivity contribution is 0.0946. The molecule has 0 spiro atoms. The maximum Gasteiger partial charge on any atom is 0.270 e. The van der Waals surface area contributed by atoms with Crippen molar-refractivity contribution in [2.75, 3.05) is 7.11 Å². The van der Waals surface area contributed by atoms with E-state index in [1.54, 1.807) is 25.6 Å². The van der Waals surface area contributed by atoms with Crippen LogP contribution in [0.25, 0.3) is 11.3 Å². The van der Waals surface area contributed by atoms with Crippen molar-refractivity contribution in [3.05, 3.63) is 78.2 Å². The van der Waals surface area contributed by atoms with Gasteiger partial charge in [0.05, 0.1) is 12.8 Å². The smallest absolute Gasteiger partial charge is 0.270 e. The Hall–Kier alpha value is -3.21. The van der Waals surface area contributed by atoms with Gasteiger partial charge in [0, 0.05) is 24.5 Å². The third-order valence-corrected chi connectivity index (χ3v) is 3.54. The molecule has 0 aliphatic carbocycles. The number of amides is 1. The average Bonchev–Trinajstić information content (AvgIpc) is 2.67. The molecule has 0 unspecified atom stereocenters. The van der Waals surface area contributed by atoms with Gasteiger partial charge in [0.1, 0.15) is 11.4 Å². The van der Waals surface area contributed by atoms with Crippen molar-refractivity contribution < 1.29 is 9.53 Å². The Kier molecular flexibility index (Phi) is 4.81. The molecular weight excluding hydrogens is 302 g/mol. The Morgan fingerprint density at radius 3 is 2.62 bits per heavy atom. The molecule has 24 heavy (non-hydrogen) atoms. The van der Waals surface area contributed by atoms with Gasteiger partial charge in [-0.3, -0.25) is 9.78 Å². The minimum atomic E-state index is -0.214. The normalized spacial score (nSPS) is 10.2. The van der Waals surface area contributed by atoms with Gasteiger partial charge in [-0.1, -0.05) is 12.1 Å². The molecule has 0 radical (unpaired) electrons. The number of benzene rings is 1. The van der Waals surface area contributed by atoms with Gasteiger partial charge >= 0.3 is 0 Å². The zero-order valence-electron chi connectivity index (χ0n) is 13.3. The molecule has 5 heteroatoms. The van der Waals surface area contributed by atoms with Gasteiger partial charge < -0.3 is 10.1 Å². The molecule has 0 saturated heterocycles. The van der Waals surface area contributed by atoms with E-state index in [9.17, 15) is 4.79 Å². The summed E-state index contributed by atoms with van der Waals surface area (Å²) in [6.07, 6.45) is 3.42. The SMILES string of the molecule is COc1ccc(-c2cccc(C(=O)NCc3cccnc3)n2)cc1. The van der Waals surface area contributed by atoms with Crippen LogP contribution in [0.3, 0.4) is 0 Å². The quantitative estimate of drug-likeness (QED) is 0.785. The topological polar surface area (TPSA) is 64.1 Å². The molecule has 1 aromatic carbocycles. The molecule has 5 nitrogen and oxygen atoms in total. The van der Waals surface area contributed by atoms with E-state index in [1.165, 1.54) is 0 Å². The first-order chi connectivity index (χ1) is 11.8. The largest absolute Gasteiger partial charge is 0.497 e. The lowest BCUT2D eigenvalue weighted by atomic mass is 10.1. The van der Waals surface area contributed by atoms with E-state index in [0.29, 0.717) is 12.2 Å². The van der Waals surface area contributed by atoms with Crippen molar-refractivity contribution in [2.24, 2.45) is 0 Å². The van der Waals surface area contributed by atoms with Crippen LogP contribution in [0.2, 0.25) is 0 Å². The number of carbonyl (C=O) groups excluding carboxylic acids is 1. The number of aromatic nitrogens is 2. The van der Waals surface area contributed by atoms with E-state index in [-0.39, 0.29) is 5.91 Å². The van der Waals surface area contributed by atoms with Crippen LogP contribution in [0.15, 0.2) is 67.0 Å². The van der Waals surface area contributed by atoms with E-state index in [1.807, 2.05) is 48.5 Å². The van der Waals surface area contributed by atoms with Crippen LogP contribution in [-0.4, -0.2) is 23.0 Å². The Balaban J connectivity index is 1.73. The molecule has 3 aromatic rings. The van der Waals surface area contributed by atoms with E-state index < -0.39 is 0 Å². The lowest BCUT2D eigenvalue weighted by Crippen LogP contribution is -2.23. The number of hydrogen-bond acceptors (Lipinski definition) is 4. The third kappa shape index (κ3) is 3.76. The first-order valence-corrected chi connectivity index (χ1v) is 7.55. The van der Waals surface area contributed by atoms with Gasteiger partial charge in [-0.25, -0.2) is 4.98 Å². The number of pyridine rings is 2. The Labute approximate surface area is 140 Å². The number of carbonyl (C=O) groups is 1. The molecule has 0 bridgehead atoms. The Bertz CT molecular complexity index is 818. The number of rotatable bonds is 5. The number of methoxy groups -OCH3 is 1. The van der Waals surface area contributed by atoms with Crippen LogP contribution in [0.4, 0.5) is 0 Å². The van der Waals surface area contributed by atoms with Gasteiger partial charge in [0.25, 0.3) is 5.91 Å². The molecule has 3 rings (SSSR count). The van der Waals surface area contributed by atoms with Gasteiger partial charge in [-0.05, 0) is 48.0 Å². The molecule has 2 aromatic heterocycles. The van der Waals surface area contributed by atoms with Gasteiger partial charge in [0.15, 0.2) is 0 Å². The minimum Gasteiger partial charge on any atom is -0.497 e. The summed E-state index contributed by atoms with van der Waals surface area (Å²) in [5, 5.41) is 2.85. The summed E-state index contributed by atoms with van der Waals surface area (Å²) in [7, 11) is 1.63. The fraction of sp³-hybridized carbons (Fsp3) is 0.105. The number of nitrogens with one attached hydrogen (secondary N) is 1. The average molecular weight is 319 g/mol. The molecule has 0 aliphatic heterocycles. The van der Waals surface area contributed by atoms with Crippen molar-refractivity contribution in [1.82, 2.24) is 15.3 Å². The van der Waals surface area contributed by atoms with Crippen molar-refractivity contribution >= 4 is 5.91 Å². The fourth-order valence-electron chi connectivity index (χ4n) is 2.26. The van der Waals surface area contributed by atoms with Crippen LogP contribution >= 0.6 is 0 Å². The lowest BCUT2D eigenvalue weighted by Gasteiger charge is -2.07. The molecule has 2 heterocycles. The van der Waals surface area contributed by atoms with Crippen LogP contribution in [-0.2, 0) is 6.54 Å². The maximum atomic E-state index is 12.3.